The molecule has 1 aromatic rings. The van der Waals surface area contributed by atoms with E-state index in [0.29, 0.717) is 19.5 Å². The summed E-state index contributed by atoms with van der Waals surface area (Å²) in [6, 6.07) is 7.97. The highest BCUT2D eigenvalue weighted by molar-refractivity contribution is 6.30. The average Bonchev–Trinajstić information content (AvgIpc) is 2.55. The second kappa shape index (κ2) is 12.8. The summed E-state index contributed by atoms with van der Waals surface area (Å²) in [6.07, 6.45) is 1.20. The predicted molar refractivity (Wildman–Crippen MR) is 102 cm³/mol. The Hall–Kier alpha value is -0.560. The quantitative estimate of drug-likeness (QED) is 0.740. The first kappa shape index (κ1) is 23.4. The molecule has 0 radical (unpaired) electrons. The normalized spacial score (nSPS) is 15.8. The van der Waals surface area contributed by atoms with Crippen LogP contribution in [0.2, 0.25) is 5.02 Å². The van der Waals surface area contributed by atoms with Gasteiger partial charge in [-0.1, -0.05) is 23.7 Å². The van der Waals surface area contributed by atoms with Gasteiger partial charge in [0.2, 0.25) is 5.91 Å². The van der Waals surface area contributed by atoms with E-state index in [-0.39, 0.29) is 36.8 Å². The highest BCUT2D eigenvalue weighted by atomic mass is 35.5. The molecule has 0 bridgehead atoms. The van der Waals surface area contributed by atoms with Crippen molar-refractivity contribution < 1.29 is 9.53 Å². The number of nitrogens with one attached hydrogen (secondary N) is 1. The third-order valence-corrected chi connectivity index (χ3v) is 4.09. The van der Waals surface area contributed by atoms with Crippen molar-refractivity contribution in [3.8, 4) is 0 Å². The van der Waals surface area contributed by atoms with E-state index in [1.165, 1.54) is 0 Å². The fourth-order valence-corrected chi connectivity index (χ4v) is 2.72. The van der Waals surface area contributed by atoms with Crippen molar-refractivity contribution >= 4 is 42.3 Å². The largest absolute Gasteiger partial charge is 0.379 e. The summed E-state index contributed by atoms with van der Waals surface area (Å²) in [4.78, 5) is 14.2. The summed E-state index contributed by atoms with van der Waals surface area (Å²) in [5.74, 6) is 0.0534. The SMILES string of the molecule is Cl.Cl.NCCCC(=O)NCC(c1ccc(Cl)cc1)N1CCOCC1. The Balaban J connectivity index is 0.00000264. The molecule has 1 atom stereocenters. The first-order chi connectivity index (χ1) is 10.7. The van der Waals surface area contributed by atoms with Crippen LogP contribution in [0.3, 0.4) is 0 Å². The first-order valence-electron chi connectivity index (χ1n) is 7.74. The molecule has 2 rings (SSSR count). The molecule has 0 aliphatic carbocycles. The number of rotatable bonds is 7. The lowest BCUT2D eigenvalue weighted by Crippen LogP contribution is -2.43. The van der Waals surface area contributed by atoms with Gasteiger partial charge >= 0.3 is 0 Å². The number of amides is 1. The standard InChI is InChI=1S/C16H24ClN3O2.2ClH/c17-14-5-3-13(4-6-14)15(20-8-10-22-11-9-20)12-19-16(21)2-1-7-18;;/h3-6,15H,1-2,7-12,18H2,(H,19,21);2*1H. The lowest BCUT2D eigenvalue weighted by molar-refractivity contribution is -0.121. The number of morpholine rings is 1. The number of carbonyl (C=O) groups is 1. The van der Waals surface area contributed by atoms with E-state index in [9.17, 15) is 4.79 Å². The van der Waals surface area contributed by atoms with Crippen molar-refractivity contribution in [2.24, 2.45) is 5.73 Å². The Labute approximate surface area is 161 Å². The molecule has 0 spiro atoms. The third kappa shape index (κ3) is 7.55. The Morgan fingerprint density at radius 3 is 2.46 bits per heavy atom. The Morgan fingerprint density at radius 1 is 1.25 bits per heavy atom. The average molecular weight is 399 g/mol. The summed E-state index contributed by atoms with van der Waals surface area (Å²) in [6.45, 7) is 4.32. The van der Waals surface area contributed by atoms with Gasteiger partial charge in [0, 0.05) is 31.1 Å². The Bertz CT molecular complexity index is 468. The van der Waals surface area contributed by atoms with Crippen LogP contribution in [0, 0.1) is 0 Å². The minimum Gasteiger partial charge on any atom is -0.379 e. The number of nitrogens with zero attached hydrogens (tertiary/aromatic N) is 1. The zero-order chi connectivity index (χ0) is 15.8. The highest BCUT2D eigenvalue weighted by Crippen LogP contribution is 2.23. The van der Waals surface area contributed by atoms with E-state index < -0.39 is 0 Å². The fraction of sp³-hybridized carbons (Fsp3) is 0.562. The van der Waals surface area contributed by atoms with Gasteiger partial charge in [-0.15, -0.1) is 24.8 Å². The van der Waals surface area contributed by atoms with Crippen molar-refractivity contribution in [3.63, 3.8) is 0 Å². The van der Waals surface area contributed by atoms with Gasteiger partial charge in [0.15, 0.2) is 0 Å². The van der Waals surface area contributed by atoms with Gasteiger partial charge in [0.25, 0.3) is 0 Å². The van der Waals surface area contributed by atoms with Crippen LogP contribution in [0.15, 0.2) is 24.3 Å². The summed E-state index contributed by atoms with van der Waals surface area (Å²) < 4.78 is 5.42. The maximum atomic E-state index is 11.8. The highest BCUT2D eigenvalue weighted by Gasteiger charge is 2.23. The molecule has 138 valence electrons. The van der Waals surface area contributed by atoms with E-state index >= 15 is 0 Å². The molecule has 3 N–H and O–H groups in total. The van der Waals surface area contributed by atoms with Gasteiger partial charge in [-0.25, -0.2) is 0 Å². The van der Waals surface area contributed by atoms with Crippen molar-refractivity contribution in [1.29, 1.82) is 0 Å². The monoisotopic (exact) mass is 397 g/mol. The fourth-order valence-electron chi connectivity index (χ4n) is 2.59. The van der Waals surface area contributed by atoms with E-state index in [1.807, 2.05) is 24.3 Å². The lowest BCUT2D eigenvalue weighted by Gasteiger charge is -2.35. The van der Waals surface area contributed by atoms with Crippen LogP contribution in [0.4, 0.5) is 0 Å². The number of carbonyl (C=O) groups excluding carboxylic acids is 1. The van der Waals surface area contributed by atoms with Crippen LogP contribution in [-0.2, 0) is 9.53 Å². The van der Waals surface area contributed by atoms with E-state index in [4.69, 9.17) is 22.1 Å². The molecule has 1 saturated heterocycles. The van der Waals surface area contributed by atoms with Gasteiger partial charge in [-0.05, 0) is 30.7 Å². The minimum absolute atomic E-state index is 0. The van der Waals surface area contributed by atoms with Crippen LogP contribution in [0.1, 0.15) is 24.4 Å². The molecule has 0 saturated carbocycles. The zero-order valence-electron chi connectivity index (χ0n) is 13.6. The van der Waals surface area contributed by atoms with Crippen molar-refractivity contribution in [3.05, 3.63) is 34.9 Å². The molecule has 5 nitrogen and oxygen atoms in total. The van der Waals surface area contributed by atoms with E-state index in [0.717, 1.165) is 43.3 Å². The van der Waals surface area contributed by atoms with Gasteiger partial charge in [0.05, 0.1) is 19.3 Å². The van der Waals surface area contributed by atoms with Gasteiger partial charge in [-0.3, -0.25) is 9.69 Å². The molecular weight excluding hydrogens is 373 g/mol. The smallest absolute Gasteiger partial charge is 0.220 e. The van der Waals surface area contributed by atoms with Gasteiger partial charge in [-0.2, -0.15) is 0 Å². The summed E-state index contributed by atoms with van der Waals surface area (Å²) >= 11 is 5.97. The Kier molecular flexibility index (Phi) is 12.5. The van der Waals surface area contributed by atoms with Crippen LogP contribution in [0.5, 0.6) is 0 Å². The van der Waals surface area contributed by atoms with E-state index in [1.54, 1.807) is 0 Å². The minimum atomic E-state index is 0. The third-order valence-electron chi connectivity index (χ3n) is 3.84. The number of benzene rings is 1. The molecule has 0 aromatic heterocycles. The number of halogens is 3. The molecule has 1 aliphatic heterocycles. The molecule has 1 amide bonds. The molecule has 1 aromatic carbocycles. The van der Waals surface area contributed by atoms with Crippen LogP contribution >= 0.6 is 36.4 Å². The van der Waals surface area contributed by atoms with Crippen molar-refractivity contribution in [2.75, 3.05) is 39.4 Å². The van der Waals surface area contributed by atoms with Crippen LogP contribution < -0.4 is 11.1 Å². The van der Waals surface area contributed by atoms with Crippen molar-refractivity contribution in [2.45, 2.75) is 18.9 Å². The second-order valence-corrected chi connectivity index (χ2v) is 5.85. The second-order valence-electron chi connectivity index (χ2n) is 5.41. The van der Waals surface area contributed by atoms with Gasteiger partial charge in [0.1, 0.15) is 0 Å². The number of nitrogens with two attached hydrogens (primary N) is 1. The van der Waals surface area contributed by atoms with Crippen molar-refractivity contribution in [1.82, 2.24) is 10.2 Å². The Morgan fingerprint density at radius 2 is 1.88 bits per heavy atom. The maximum absolute atomic E-state index is 11.8. The molecule has 8 heteroatoms. The molecule has 1 heterocycles. The summed E-state index contributed by atoms with van der Waals surface area (Å²) in [5.41, 5.74) is 6.60. The number of hydrogen-bond donors (Lipinski definition) is 2. The predicted octanol–water partition coefficient (Wildman–Crippen LogP) is 2.41. The molecular formula is C16H26Cl3N3O2. The molecule has 1 unspecified atom stereocenters. The van der Waals surface area contributed by atoms with Gasteiger partial charge < -0.3 is 15.8 Å². The molecule has 1 aliphatic rings. The summed E-state index contributed by atoms with van der Waals surface area (Å²) in [5, 5.41) is 3.74. The van der Waals surface area contributed by atoms with Crippen LogP contribution in [-0.4, -0.2) is 50.2 Å². The topological polar surface area (TPSA) is 67.6 Å². The van der Waals surface area contributed by atoms with E-state index in [2.05, 4.69) is 10.2 Å². The maximum Gasteiger partial charge on any atom is 0.220 e. The molecule has 24 heavy (non-hydrogen) atoms. The number of ether oxygens (including phenoxy) is 1. The first-order valence-corrected chi connectivity index (χ1v) is 8.12. The summed E-state index contributed by atoms with van der Waals surface area (Å²) in [7, 11) is 0. The molecule has 1 fully saturated rings. The zero-order valence-corrected chi connectivity index (χ0v) is 16.0. The van der Waals surface area contributed by atoms with Crippen LogP contribution in [0.25, 0.3) is 0 Å². The lowest BCUT2D eigenvalue weighted by atomic mass is 10.0. The number of hydrogen-bond acceptors (Lipinski definition) is 4.